The minimum absolute atomic E-state index is 0.812. The lowest BCUT2D eigenvalue weighted by molar-refractivity contribution is 0.645. The summed E-state index contributed by atoms with van der Waals surface area (Å²) in [5.41, 5.74) is 9.03. The van der Waals surface area contributed by atoms with Crippen LogP contribution in [-0.4, -0.2) is 9.55 Å². The zero-order valence-corrected chi connectivity index (χ0v) is 27.0. The van der Waals surface area contributed by atoms with Crippen LogP contribution in [0, 0.1) is 0 Å². The van der Waals surface area contributed by atoms with E-state index in [1.807, 2.05) is 6.07 Å². The van der Waals surface area contributed by atoms with Crippen LogP contribution in [0.2, 0.25) is 0 Å². The predicted molar refractivity (Wildman–Crippen MR) is 209 cm³/mol. The second-order valence-electron chi connectivity index (χ2n) is 13.1. The monoisotopic (exact) mass is 636 g/mol. The fourth-order valence-corrected chi connectivity index (χ4v) is 8.13. The maximum Gasteiger partial charge on any atom is 0.213 e. The summed E-state index contributed by atoms with van der Waals surface area (Å²) in [6.45, 7) is 0. The van der Waals surface area contributed by atoms with Crippen molar-refractivity contribution in [3.05, 3.63) is 170 Å². The maximum absolute atomic E-state index is 6.96. The van der Waals surface area contributed by atoms with E-state index in [1.54, 1.807) is 0 Å². The molecule has 0 saturated heterocycles. The molecular formula is C47H28N2O. The molecule has 3 nitrogen and oxygen atoms in total. The van der Waals surface area contributed by atoms with E-state index in [0.29, 0.717) is 0 Å². The van der Waals surface area contributed by atoms with E-state index in [2.05, 4.69) is 168 Å². The molecule has 0 N–H and O–H groups in total. The average Bonchev–Trinajstić information content (AvgIpc) is 3.73. The number of nitrogens with zero attached hydrogens (tertiary/aromatic N) is 2. The zero-order chi connectivity index (χ0) is 32.8. The van der Waals surface area contributed by atoms with Gasteiger partial charge in [0.2, 0.25) is 5.71 Å². The lowest BCUT2D eigenvalue weighted by Crippen LogP contribution is -1.93. The van der Waals surface area contributed by atoms with Gasteiger partial charge in [-0.1, -0.05) is 140 Å². The predicted octanol–water partition coefficient (Wildman–Crippen LogP) is 12.9. The summed E-state index contributed by atoms with van der Waals surface area (Å²) in [7, 11) is 0. The smallest absolute Gasteiger partial charge is 0.213 e. The number of para-hydroxylation sites is 2. The first-order chi connectivity index (χ1) is 24.8. The first kappa shape index (κ1) is 27.3. The molecule has 50 heavy (non-hydrogen) atoms. The summed E-state index contributed by atoms with van der Waals surface area (Å²) < 4.78 is 9.22. The van der Waals surface area contributed by atoms with E-state index in [0.717, 1.165) is 60.8 Å². The molecule has 0 aliphatic heterocycles. The summed E-state index contributed by atoms with van der Waals surface area (Å²) in [6.07, 6.45) is 0. The molecule has 0 radical (unpaired) electrons. The first-order valence-corrected chi connectivity index (χ1v) is 17.1. The summed E-state index contributed by atoms with van der Waals surface area (Å²) in [5, 5.41) is 12.2. The second-order valence-corrected chi connectivity index (χ2v) is 13.1. The van der Waals surface area contributed by atoms with E-state index in [1.165, 1.54) is 43.4 Å². The highest BCUT2D eigenvalue weighted by atomic mass is 16.3. The largest absolute Gasteiger partial charge is 0.437 e. The molecule has 11 rings (SSSR count). The average molecular weight is 637 g/mol. The molecule has 0 bridgehead atoms. The van der Waals surface area contributed by atoms with E-state index < -0.39 is 0 Å². The third-order valence-corrected chi connectivity index (χ3v) is 10.4. The first-order valence-electron chi connectivity index (χ1n) is 17.1. The molecular weight excluding hydrogens is 609 g/mol. The van der Waals surface area contributed by atoms with E-state index in [9.17, 15) is 0 Å². The molecule has 232 valence electrons. The number of pyridine rings is 1. The standard InChI is InChI=1S/C47H28N2O/c1-2-12-30(13-3-1)45-46-43(38-18-8-10-20-41(38)48-45)44-39-19-9-11-21-42(39)49(47(44)50-46)32-25-22-29(23-26-32)31-24-27-37-35-16-5-4-14-33(35)34-15-6-7-17-36(34)40(37)28-31/h1-28H. The van der Waals surface area contributed by atoms with Gasteiger partial charge >= 0.3 is 0 Å². The lowest BCUT2D eigenvalue weighted by Gasteiger charge is -2.12. The van der Waals surface area contributed by atoms with Crippen LogP contribution < -0.4 is 0 Å². The van der Waals surface area contributed by atoms with Crippen LogP contribution in [0.5, 0.6) is 0 Å². The quantitative estimate of drug-likeness (QED) is 0.181. The van der Waals surface area contributed by atoms with Crippen molar-refractivity contribution in [2.45, 2.75) is 0 Å². The highest BCUT2D eigenvalue weighted by Crippen LogP contribution is 2.45. The van der Waals surface area contributed by atoms with Gasteiger partial charge in [0.25, 0.3) is 0 Å². The van der Waals surface area contributed by atoms with E-state index in [-0.39, 0.29) is 0 Å². The van der Waals surface area contributed by atoms with Crippen molar-refractivity contribution in [2.24, 2.45) is 0 Å². The van der Waals surface area contributed by atoms with Gasteiger partial charge in [-0.05, 0) is 73.8 Å². The third-order valence-electron chi connectivity index (χ3n) is 10.4. The number of benzene rings is 8. The molecule has 0 atom stereocenters. The Bertz CT molecular complexity index is 3100. The highest BCUT2D eigenvalue weighted by Gasteiger charge is 2.24. The molecule has 0 saturated carbocycles. The van der Waals surface area contributed by atoms with Crippen LogP contribution in [-0.2, 0) is 0 Å². The molecule has 0 aliphatic carbocycles. The van der Waals surface area contributed by atoms with Crippen LogP contribution in [0.1, 0.15) is 0 Å². The number of furan rings is 1. The van der Waals surface area contributed by atoms with Gasteiger partial charge in [-0.2, -0.15) is 0 Å². The minimum Gasteiger partial charge on any atom is -0.437 e. The van der Waals surface area contributed by atoms with Gasteiger partial charge in [0.15, 0.2) is 5.58 Å². The van der Waals surface area contributed by atoms with Gasteiger partial charge in [0, 0.05) is 27.4 Å². The molecule has 3 aromatic heterocycles. The van der Waals surface area contributed by atoms with Gasteiger partial charge < -0.3 is 4.42 Å². The molecule has 0 unspecified atom stereocenters. The highest BCUT2D eigenvalue weighted by molar-refractivity contribution is 6.28. The van der Waals surface area contributed by atoms with Crippen molar-refractivity contribution in [1.29, 1.82) is 0 Å². The van der Waals surface area contributed by atoms with Crippen LogP contribution in [0.25, 0.3) is 104 Å². The molecule has 0 aliphatic rings. The Morgan fingerprint density at radius 2 is 0.960 bits per heavy atom. The minimum atomic E-state index is 0.812. The Kier molecular flexibility index (Phi) is 5.67. The normalized spacial score (nSPS) is 12.0. The Balaban J connectivity index is 1.12. The molecule has 11 aromatic rings. The molecule has 0 spiro atoms. The Morgan fingerprint density at radius 1 is 0.400 bits per heavy atom. The topological polar surface area (TPSA) is 31.0 Å². The van der Waals surface area contributed by atoms with Crippen molar-refractivity contribution >= 4 is 76.2 Å². The van der Waals surface area contributed by atoms with Crippen LogP contribution in [0.15, 0.2) is 174 Å². The van der Waals surface area contributed by atoms with Gasteiger partial charge in [-0.3, -0.25) is 4.57 Å². The molecule has 3 heteroatoms. The van der Waals surface area contributed by atoms with Crippen molar-refractivity contribution in [1.82, 2.24) is 9.55 Å². The van der Waals surface area contributed by atoms with E-state index in [4.69, 9.17) is 9.40 Å². The summed E-state index contributed by atoms with van der Waals surface area (Å²) in [6, 6.07) is 60.6. The Hall–Kier alpha value is -6.71. The summed E-state index contributed by atoms with van der Waals surface area (Å²) >= 11 is 0. The van der Waals surface area contributed by atoms with Gasteiger partial charge in [-0.25, -0.2) is 4.98 Å². The summed E-state index contributed by atoms with van der Waals surface area (Å²) in [5.74, 6) is 0. The lowest BCUT2D eigenvalue weighted by atomic mass is 9.92. The second kappa shape index (κ2) is 10.4. The molecule has 3 heterocycles. The number of hydrogen-bond donors (Lipinski definition) is 0. The Morgan fingerprint density at radius 3 is 1.68 bits per heavy atom. The van der Waals surface area contributed by atoms with E-state index >= 15 is 0 Å². The molecule has 8 aromatic carbocycles. The number of aromatic nitrogens is 2. The fourth-order valence-electron chi connectivity index (χ4n) is 8.13. The van der Waals surface area contributed by atoms with Crippen LogP contribution in [0.3, 0.4) is 0 Å². The Labute approximate surface area is 287 Å². The van der Waals surface area contributed by atoms with Crippen molar-refractivity contribution in [3.8, 4) is 28.1 Å². The number of fused-ring (bicyclic) bond motifs is 13. The fraction of sp³-hybridized carbons (Fsp3) is 0. The van der Waals surface area contributed by atoms with Crippen molar-refractivity contribution < 1.29 is 4.42 Å². The molecule has 0 amide bonds. The van der Waals surface area contributed by atoms with Gasteiger partial charge in [0.1, 0.15) is 5.69 Å². The SMILES string of the molecule is c1ccc(-c2nc3ccccc3c3c2oc2c3c3ccccc3n2-c2ccc(-c3ccc4c5ccccc5c5ccccc5c4c3)cc2)cc1. The third kappa shape index (κ3) is 3.83. The molecule has 0 fully saturated rings. The van der Waals surface area contributed by atoms with Gasteiger partial charge in [-0.15, -0.1) is 0 Å². The number of rotatable bonds is 3. The van der Waals surface area contributed by atoms with Gasteiger partial charge in [0.05, 0.1) is 16.4 Å². The summed E-state index contributed by atoms with van der Waals surface area (Å²) in [4.78, 5) is 5.13. The van der Waals surface area contributed by atoms with Crippen LogP contribution >= 0.6 is 0 Å². The number of hydrogen-bond acceptors (Lipinski definition) is 2. The van der Waals surface area contributed by atoms with Crippen molar-refractivity contribution in [3.63, 3.8) is 0 Å². The zero-order valence-electron chi connectivity index (χ0n) is 27.0. The van der Waals surface area contributed by atoms with Crippen molar-refractivity contribution in [2.75, 3.05) is 0 Å². The maximum atomic E-state index is 6.96. The van der Waals surface area contributed by atoms with Crippen LogP contribution in [0.4, 0.5) is 0 Å².